The van der Waals surface area contributed by atoms with Crippen LogP contribution in [0.1, 0.15) is 28.3 Å². The van der Waals surface area contributed by atoms with E-state index in [0.717, 1.165) is 16.9 Å². The highest BCUT2D eigenvalue weighted by Gasteiger charge is 2.09. The molecular formula is C14H18N2S. The summed E-state index contributed by atoms with van der Waals surface area (Å²) in [5.74, 6) is 0. The van der Waals surface area contributed by atoms with E-state index in [4.69, 9.17) is 5.73 Å². The van der Waals surface area contributed by atoms with E-state index in [1.54, 1.807) is 0 Å². The molecule has 1 unspecified atom stereocenters. The Balaban J connectivity index is 2.18. The van der Waals surface area contributed by atoms with E-state index >= 15 is 0 Å². The lowest BCUT2D eigenvalue weighted by atomic mass is 10.1. The van der Waals surface area contributed by atoms with E-state index in [-0.39, 0.29) is 0 Å². The number of nitrogen functional groups attached to an aromatic ring is 1. The normalized spacial score (nSPS) is 12.4. The quantitative estimate of drug-likeness (QED) is 0.799. The Morgan fingerprint density at radius 3 is 2.59 bits per heavy atom. The number of rotatable bonds is 3. The molecule has 1 aromatic heterocycles. The summed E-state index contributed by atoms with van der Waals surface area (Å²) in [5.41, 5.74) is 8.97. The molecule has 17 heavy (non-hydrogen) atoms. The molecule has 3 heteroatoms. The van der Waals surface area contributed by atoms with Crippen molar-refractivity contribution in [3.8, 4) is 0 Å². The number of hydrogen-bond acceptors (Lipinski definition) is 3. The van der Waals surface area contributed by atoms with Crippen LogP contribution in [0.5, 0.6) is 0 Å². The monoisotopic (exact) mass is 246 g/mol. The van der Waals surface area contributed by atoms with Gasteiger partial charge in [-0.3, -0.25) is 0 Å². The Labute approximate surface area is 106 Å². The number of nitrogens with one attached hydrogen (secondary N) is 1. The van der Waals surface area contributed by atoms with Crippen LogP contribution >= 0.6 is 11.3 Å². The molecule has 2 rings (SSSR count). The molecule has 0 bridgehead atoms. The Morgan fingerprint density at radius 2 is 1.94 bits per heavy atom. The maximum absolute atomic E-state index is 5.90. The van der Waals surface area contributed by atoms with Crippen LogP contribution in [0.25, 0.3) is 0 Å². The topological polar surface area (TPSA) is 38.0 Å². The van der Waals surface area contributed by atoms with Gasteiger partial charge in [0.1, 0.15) is 0 Å². The third-order valence-electron chi connectivity index (χ3n) is 2.94. The fraction of sp³-hybridized carbons (Fsp3) is 0.286. The van der Waals surface area contributed by atoms with Crippen LogP contribution < -0.4 is 11.1 Å². The van der Waals surface area contributed by atoms with E-state index in [2.05, 4.69) is 37.4 Å². The predicted octanol–water partition coefficient (Wildman–Crippen LogP) is 4.12. The van der Waals surface area contributed by atoms with Crippen LogP contribution in [0.2, 0.25) is 0 Å². The highest BCUT2D eigenvalue weighted by molar-refractivity contribution is 7.12. The summed E-state index contributed by atoms with van der Waals surface area (Å²) in [6.07, 6.45) is 0. The van der Waals surface area contributed by atoms with Crippen molar-refractivity contribution in [2.24, 2.45) is 0 Å². The van der Waals surface area contributed by atoms with Crippen LogP contribution in [0, 0.1) is 13.8 Å². The van der Waals surface area contributed by atoms with Gasteiger partial charge in [-0.25, -0.2) is 0 Å². The van der Waals surface area contributed by atoms with Gasteiger partial charge in [0, 0.05) is 21.1 Å². The lowest BCUT2D eigenvalue weighted by Gasteiger charge is -2.16. The smallest absolute Gasteiger partial charge is 0.0578 e. The van der Waals surface area contributed by atoms with E-state index in [1.807, 2.05) is 30.4 Å². The summed E-state index contributed by atoms with van der Waals surface area (Å²) in [4.78, 5) is 2.70. The zero-order valence-electron chi connectivity index (χ0n) is 10.4. The summed E-state index contributed by atoms with van der Waals surface area (Å²) >= 11 is 1.83. The zero-order valence-corrected chi connectivity index (χ0v) is 11.3. The molecule has 0 aliphatic heterocycles. The van der Waals surface area contributed by atoms with E-state index in [0.29, 0.717) is 6.04 Å². The molecule has 1 heterocycles. The van der Waals surface area contributed by atoms with Crippen molar-refractivity contribution in [3.05, 3.63) is 45.6 Å². The molecule has 0 saturated carbocycles. The molecule has 2 aromatic rings. The third-order valence-corrected chi connectivity index (χ3v) is 4.12. The number of benzene rings is 1. The molecule has 0 aliphatic rings. The third kappa shape index (κ3) is 2.61. The zero-order chi connectivity index (χ0) is 12.4. The van der Waals surface area contributed by atoms with Crippen molar-refractivity contribution in [1.82, 2.24) is 0 Å². The average molecular weight is 246 g/mol. The first-order chi connectivity index (χ1) is 8.08. The maximum atomic E-state index is 5.90. The van der Waals surface area contributed by atoms with Gasteiger partial charge in [-0.1, -0.05) is 6.07 Å². The molecule has 90 valence electrons. The molecule has 0 aliphatic carbocycles. The average Bonchev–Trinajstić information content (AvgIpc) is 2.72. The van der Waals surface area contributed by atoms with Gasteiger partial charge in [0.2, 0.25) is 0 Å². The number of hydrogen-bond donors (Lipinski definition) is 2. The van der Waals surface area contributed by atoms with Crippen LogP contribution in [-0.2, 0) is 0 Å². The minimum absolute atomic E-state index is 0.314. The van der Waals surface area contributed by atoms with Crippen LogP contribution in [0.4, 0.5) is 11.4 Å². The molecule has 0 amide bonds. The van der Waals surface area contributed by atoms with Gasteiger partial charge < -0.3 is 11.1 Å². The van der Waals surface area contributed by atoms with Gasteiger partial charge in [0.15, 0.2) is 0 Å². The van der Waals surface area contributed by atoms with Crippen LogP contribution in [-0.4, -0.2) is 0 Å². The Bertz CT molecular complexity index is 517. The summed E-state index contributed by atoms with van der Waals surface area (Å²) < 4.78 is 0. The second-order valence-corrected chi connectivity index (χ2v) is 5.65. The molecule has 0 radical (unpaired) electrons. The fourth-order valence-corrected chi connectivity index (χ4v) is 2.68. The standard InChI is InChI=1S/C14H18N2S/c1-9-7-8-14(17-9)11(3)16-13-6-4-5-12(15)10(13)2/h4-8,11,16H,15H2,1-3H3. The lowest BCUT2D eigenvalue weighted by molar-refractivity contribution is 0.906. The van der Waals surface area contributed by atoms with E-state index in [1.165, 1.54) is 9.75 Å². The second-order valence-electron chi connectivity index (χ2n) is 4.33. The van der Waals surface area contributed by atoms with Gasteiger partial charge in [0.25, 0.3) is 0 Å². The molecule has 0 spiro atoms. The Hall–Kier alpha value is -1.48. The van der Waals surface area contributed by atoms with Crippen molar-refractivity contribution in [2.75, 3.05) is 11.1 Å². The summed E-state index contributed by atoms with van der Waals surface area (Å²) in [7, 11) is 0. The summed E-state index contributed by atoms with van der Waals surface area (Å²) in [5, 5.41) is 3.51. The van der Waals surface area contributed by atoms with Gasteiger partial charge in [-0.15, -0.1) is 11.3 Å². The first kappa shape index (κ1) is 12.0. The minimum atomic E-state index is 0.314. The van der Waals surface area contributed by atoms with Gasteiger partial charge in [0.05, 0.1) is 6.04 Å². The molecule has 3 N–H and O–H groups in total. The molecule has 0 saturated heterocycles. The van der Waals surface area contributed by atoms with Crippen molar-refractivity contribution in [1.29, 1.82) is 0 Å². The minimum Gasteiger partial charge on any atom is -0.398 e. The molecule has 1 atom stereocenters. The van der Waals surface area contributed by atoms with Crippen molar-refractivity contribution in [3.63, 3.8) is 0 Å². The van der Waals surface area contributed by atoms with Crippen molar-refractivity contribution >= 4 is 22.7 Å². The summed E-state index contributed by atoms with van der Waals surface area (Å²) in [6, 6.07) is 10.6. The highest BCUT2D eigenvalue weighted by atomic mass is 32.1. The molecule has 2 nitrogen and oxygen atoms in total. The first-order valence-corrected chi connectivity index (χ1v) is 6.57. The number of aryl methyl sites for hydroxylation is 1. The van der Waals surface area contributed by atoms with Gasteiger partial charge in [-0.05, 0) is 50.6 Å². The number of anilines is 2. The predicted molar refractivity (Wildman–Crippen MR) is 76.7 cm³/mol. The van der Waals surface area contributed by atoms with E-state index < -0.39 is 0 Å². The largest absolute Gasteiger partial charge is 0.398 e. The Kier molecular flexibility index (Phi) is 3.38. The molecule has 1 aromatic carbocycles. The first-order valence-electron chi connectivity index (χ1n) is 5.76. The number of thiophene rings is 1. The van der Waals surface area contributed by atoms with Crippen LogP contribution in [0.3, 0.4) is 0 Å². The summed E-state index contributed by atoms with van der Waals surface area (Å²) in [6.45, 7) is 6.35. The fourth-order valence-electron chi connectivity index (χ4n) is 1.80. The maximum Gasteiger partial charge on any atom is 0.0578 e. The van der Waals surface area contributed by atoms with Gasteiger partial charge >= 0.3 is 0 Å². The van der Waals surface area contributed by atoms with Gasteiger partial charge in [-0.2, -0.15) is 0 Å². The van der Waals surface area contributed by atoms with Crippen LogP contribution in [0.15, 0.2) is 30.3 Å². The molecular weight excluding hydrogens is 228 g/mol. The number of nitrogens with two attached hydrogens (primary N) is 1. The second kappa shape index (κ2) is 4.80. The van der Waals surface area contributed by atoms with E-state index in [9.17, 15) is 0 Å². The molecule has 0 fully saturated rings. The Morgan fingerprint density at radius 1 is 1.18 bits per heavy atom. The lowest BCUT2D eigenvalue weighted by Crippen LogP contribution is -2.06. The highest BCUT2D eigenvalue weighted by Crippen LogP contribution is 2.28. The van der Waals surface area contributed by atoms with Crippen molar-refractivity contribution < 1.29 is 0 Å². The van der Waals surface area contributed by atoms with Crippen molar-refractivity contribution in [2.45, 2.75) is 26.8 Å². The SMILES string of the molecule is Cc1ccc(C(C)Nc2cccc(N)c2C)s1.